The number of halogens is 4. The number of hydrogen-bond acceptors (Lipinski definition) is 2. The second-order valence-corrected chi connectivity index (χ2v) is 4.45. The van der Waals surface area contributed by atoms with Crippen LogP contribution in [0.25, 0.3) is 0 Å². The number of benzene rings is 1. The molecule has 2 nitrogen and oxygen atoms in total. The number of hydrogen-bond donors (Lipinski definition) is 1. The molecule has 100 valence electrons. The highest BCUT2D eigenvalue weighted by molar-refractivity contribution is 6.31. The molecule has 0 fully saturated rings. The predicted octanol–water partition coefficient (Wildman–Crippen LogP) is 3.39. The van der Waals surface area contributed by atoms with Crippen LogP contribution in [-0.2, 0) is 6.42 Å². The van der Waals surface area contributed by atoms with Crippen molar-refractivity contribution >= 4 is 11.6 Å². The third-order valence-electron chi connectivity index (χ3n) is 2.76. The molecular formula is C13H10ClF3N2. The van der Waals surface area contributed by atoms with Gasteiger partial charge in [0, 0.05) is 24.0 Å². The van der Waals surface area contributed by atoms with Crippen molar-refractivity contribution in [2.75, 3.05) is 0 Å². The average molecular weight is 287 g/mol. The van der Waals surface area contributed by atoms with E-state index in [1.807, 2.05) is 0 Å². The fraction of sp³-hybridized carbons (Fsp3) is 0.154. The van der Waals surface area contributed by atoms with Gasteiger partial charge in [-0.2, -0.15) is 0 Å². The first kappa shape index (κ1) is 13.8. The summed E-state index contributed by atoms with van der Waals surface area (Å²) in [4.78, 5) is 3.81. The van der Waals surface area contributed by atoms with E-state index in [0.717, 1.165) is 12.1 Å². The summed E-state index contributed by atoms with van der Waals surface area (Å²) in [5.41, 5.74) is 6.38. The molecule has 0 aliphatic carbocycles. The molecule has 1 unspecified atom stereocenters. The molecule has 1 heterocycles. The second kappa shape index (κ2) is 5.59. The Bertz CT molecular complexity index is 604. The molecule has 0 saturated heterocycles. The lowest BCUT2D eigenvalue weighted by molar-refractivity contribution is 0.435. The monoisotopic (exact) mass is 286 g/mol. The van der Waals surface area contributed by atoms with E-state index in [0.29, 0.717) is 10.6 Å². The van der Waals surface area contributed by atoms with E-state index in [2.05, 4.69) is 4.98 Å². The fourth-order valence-corrected chi connectivity index (χ4v) is 1.94. The molecule has 0 radical (unpaired) electrons. The van der Waals surface area contributed by atoms with Crippen LogP contribution in [0.5, 0.6) is 0 Å². The number of rotatable bonds is 3. The molecule has 6 heteroatoms. The average Bonchev–Trinajstić information content (AvgIpc) is 2.39. The summed E-state index contributed by atoms with van der Waals surface area (Å²) in [5, 5.41) is 0.390. The number of nitrogens with two attached hydrogens (primary N) is 1. The summed E-state index contributed by atoms with van der Waals surface area (Å²) < 4.78 is 39.5. The standard InChI is InChI=1S/C13H10ClF3N2/c14-9-6-19-4-3-7(9)5-11(18)8-1-2-10(15)13(17)12(8)16/h1-4,6,11H,5,18H2. The predicted molar refractivity (Wildman–Crippen MR) is 66.2 cm³/mol. The van der Waals surface area contributed by atoms with Gasteiger partial charge in [-0.1, -0.05) is 17.7 Å². The van der Waals surface area contributed by atoms with Crippen molar-refractivity contribution < 1.29 is 13.2 Å². The summed E-state index contributed by atoms with van der Waals surface area (Å²) in [7, 11) is 0. The van der Waals surface area contributed by atoms with Gasteiger partial charge in [-0.25, -0.2) is 13.2 Å². The summed E-state index contributed by atoms with van der Waals surface area (Å²) in [5.74, 6) is -4.03. The zero-order valence-corrected chi connectivity index (χ0v) is 10.5. The van der Waals surface area contributed by atoms with E-state index in [9.17, 15) is 13.2 Å². The molecule has 0 aliphatic heterocycles. The molecule has 19 heavy (non-hydrogen) atoms. The minimum atomic E-state index is -1.52. The first-order valence-corrected chi connectivity index (χ1v) is 5.86. The molecular weight excluding hydrogens is 277 g/mol. The zero-order valence-electron chi connectivity index (χ0n) is 9.71. The normalized spacial score (nSPS) is 12.5. The highest BCUT2D eigenvalue weighted by Gasteiger charge is 2.19. The van der Waals surface area contributed by atoms with Gasteiger partial charge in [0.15, 0.2) is 17.5 Å². The van der Waals surface area contributed by atoms with Crippen molar-refractivity contribution in [3.8, 4) is 0 Å². The van der Waals surface area contributed by atoms with Crippen LogP contribution in [0.3, 0.4) is 0 Å². The van der Waals surface area contributed by atoms with Crippen LogP contribution < -0.4 is 5.73 Å². The molecule has 0 spiro atoms. The molecule has 2 N–H and O–H groups in total. The van der Waals surface area contributed by atoms with Crippen LogP contribution in [0.2, 0.25) is 5.02 Å². The number of pyridine rings is 1. The number of nitrogens with zero attached hydrogens (tertiary/aromatic N) is 1. The van der Waals surface area contributed by atoms with Crippen molar-refractivity contribution in [1.82, 2.24) is 4.98 Å². The molecule has 0 amide bonds. The van der Waals surface area contributed by atoms with Gasteiger partial charge in [0.05, 0.1) is 5.02 Å². The van der Waals surface area contributed by atoms with Gasteiger partial charge in [0.2, 0.25) is 0 Å². The molecule has 1 aromatic carbocycles. The highest BCUT2D eigenvalue weighted by atomic mass is 35.5. The zero-order chi connectivity index (χ0) is 14.0. The van der Waals surface area contributed by atoms with Crippen LogP contribution >= 0.6 is 11.6 Å². The summed E-state index contributed by atoms with van der Waals surface area (Å²) in [6.45, 7) is 0. The highest BCUT2D eigenvalue weighted by Crippen LogP contribution is 2.25. The Balaban J connectivity index is 2.28. The molecule has 2 aromatic rings. The van der Waals surface area contributed by atoms with Gasteiger partial charge in [-0.15, -0.1) is 0 Å². The van der Waals surface area contributed by atoms with E-state index in [1.165, 1.54) is 12.4 Å². The van der Waals surface area contributed by atoms with E-state index >= 15 is 0 Å². The van der Waals surface area contributed by atoms with Gasteiger partial charge in [0.1, 0.15) is 0 Å². The number of aromatic nitrogens is 1. The van der Waals surface area contributed by atoms with Crippen molar-refractivity contribution in [1.29, 1.82) is 0 Å². The maximum absolute atomic E-state index is 13.6. The lowest BCUT2D eigenvalue weighted by atomic mass is 9.99. The summed E-state index contributed by atoms with van der Waals surface area (Å²) in [6, 6.07) is 2.80. The van der Waals surface area contributed by atoms with Crippen LogP contribution in [0, 0.1) is 17.5 Å². The first-order valence-electron chi connectivity index (χ1n) is 5.48. The Morgan fingerprint density at radius 2 is 1.89 bits per heavy atom. The molecule has 0 aliphatic rings. The topological polar surface area (TPSA) is 38.9 Å². The van der Waals surface area contributed by atoms with Gasteiger partial charge in [0.25, 0.3) is 0 Å². The third kappa shape index (κ3) is 2.88. The van der Waals surface area contributed by atoms with Crippen LogP contribution in [-0.4, -0.2) is 4.98 Å². The molecule has 2 rings (SSSR count). The minimum Gasteiger partial charge on any atom is -0.324 e. The molecule has 0 saturated carbocycles. The Kier molecular flexibility index (Phi) is 4.07. The Labute approximate surface area is 113 Å². The summed E-state index contributed by atoms with van der Waals surface area (Å²) in [6.07, 6.45) is 3.16. The van der Waals surface area contributed by atoms with Crippen molar-refractivity contribution in [2.24, 2.45) is 5.73 Å². The SMILES string of the molecule is NC(Cc1ccncc1Cl)c1ccc(F)c(F)c1F. The lowest BCUT2D eigenvalue weighted by Gasteiger charge is -2.14. The quantitative estimate of drug-likeness (QED) is 0.879. The fourth-order valence-electron chi connectivity index (χ4n) is 1.74. The Morgan fingerprint density at radius 1 is 1.16 bits per heavy atom. The maximum Gasteiger partial charge on any atom is 0.194 e. The van der Waals surface area contributed by atoms with Crippen molar-refractivity contribution in [2.45, 2.75) is 12.5 Å². The Morgan fingerprint density at radius 3 is 2.58 bits per heavy atom. The van der Waals surface area contributed by atoms with Gasteiger partial charge in [-0.05, 0) is 24.1 Å². The van der Waals surface area contributed by atoms with Crippen molar-refractivity contribution in [3.63, 3.8) is 0 Å². The maximum atomic E-state index is 13.6. The second-order valence-electron chi connectivity index (χ2n) is 4.04. The van der Waals surface area contributed by atoms with Crippen molar-refractivity contribution in [3.05, 3.63) is 64.2 Å². The largest absolute Gasteiger partial charge is 0.324 e. The van der Waals surface area contributed by atoms with E-state index in [1.54, 1.807) is 6.07 Å². The van der Waals surface area contributed by atoms with Crippen LogP contribution in [0.4, 0.5) is 13.2 Å². The first-order chi connectivity index (χ1) is 9.00. The lowest BCUT2D eigenvalue weighted by Crippen LogP contribution is -2.16. The molecule has 1 aromatic heterocycles. The Hall–Kier alpha value is -1.59. The third-order valence-corrected chi connectivity index (χ3v) is 3.10. The van der Waals surface area contributed by atoms with E-state index in [4.69, 9.17) is 17.3 Å². The van der Waals surface area contributed by atoms with E-state index in [-0.39, 0.29) is 12.0 Å². The van der Waals surface area contributed by atoms with Gasteiger partial charge in [-0.3, -0.25) is 4.98 Å². The van der Waals surface area contributed by atoms with Crippen LogP contribution in [0.1, 0.15) is 17.2 Å². The van der Waals surface area contributed by atoms with Crippen LogP contribution in [0.15, 0.2) is 30.6 Å². The van der Waals surface area contributed by atoms with Gasteiger partial charge >= 0.3 is 0 Å². The molecule has 1 atom stereocenters. The van der Waals surface area contributed by atoms with E-state index < -0.39 is 23.5 Å². The minimum absolute atomic E-state index is 0.0909. The smallest absolute Gasteiger partial charge is 0.194 e. The summed E-state index contributed by atoms with van der Waals surface area (Å²) >= 11 is 5.91. The van der Waals surface area contributed by atoms with Gasteiger partial charge < -0.3 is 5.73 Å². The molecule has 0 bridgehead atoms.